The van der Waals surface area contributed by atoms with Crippen LogP contribution in [0.4, 0.5) is 4.79 Å². The maximum atomic E-state index is 11.3. The second kappa shape index (κ2) is 5.68. The summed E-state index contributed by atoms with van der Waals surface area (Å²) in [6.45, 7) is 6.18. The third-order valence-corrected chi connectivity index (χ3v) is 1.93. The molecule has 0 spiro atoms. The van der Waals surface area contributed by atoms with Gasteiger partial charge in [-0.25, -0.2) is 4.79 Å². The van der Waals surface area contributed by atoms with Crippen LogP contribution in [0, 0.1) is 5.41 Å². The highest BCUT2D eigenvalue weighted by Gasteiger charge is 2.14. The number of hydrogen-bond acceptors (Lipinski definition) is 4. The topological polar surface area (TPSA) is 55.8 Å². The van der Waals surface area contributed by atoms with Crippen LogP contribution in [0.25, 0.3) is 0 Å². The van der Waals surface area contributed by atoms with Gasteiger partial charge in [-0.1, -0.05) is 32.9 Å². The Kier molecular flexibility index (Phi) is 4.52. The van der Waals surface area contributed by atoms with E-state index in [1.54, 1.807) is 24.3 Å². The minimum atomic E-state index is -0.711. The molecule has 1 aromatic carbocycles. The SMILES string of the molecule is CC(C)(C)COC(=O)Oc1ccc(CO)cc1. The highest BCUT2D eigenvalue weighted by atomic mass is 16.7. The summed E-state index contributed by atoms with van der Waals surface area (Å²) in [5.41, 5.74) is 0.681. The molecule has 0 radical (unpaired) electrons. The number of aliphatic hydroxyl groups excluding tert-OH is 1. The van der Waals surface area contributed by atoms with Gasteiger partial charge in [-0.15, -0.1) is 0 Å². The van der Waals surface area contributed by atoms with Crippen LogP contribution in [-0.4, -0.2) is 17.9 Å². The van der Waals surface area contributed by atoms with Gasteiger partial charge in [-0.3, -0.25) is 0 Å². The molecule has 0 bridgehead atoms. The van der Waals surface area contributed by atoms with Crippen molar-refractivity contribution in [3.63, 3.8) is 0 Å². The lowest BCUT2D eigenvalue weighted by molar-refractivity contribution is 0.0685. The van der Waals surface area contributed by atoms with E-state index in [2.05, 4.69) is 0 Å². The Balaban J connectivity index is 2.45. The van der Waals surface area contributed by atoms with Crippen molar-refractivity contribution >= 4 is 6.16 Å². The van der Waals surface area contributed by atoms with E-state index < -0.39 is 6.16 Å². The van der Waals surface area contributed by atoms with E-state index in [4.69, 9.17) is 14.6 Å². The molecule has 94 valence electrons. The first-order valence-electron chi connectivity index (χ1n) is 5.45. The van der Waals surface area contributed by atoms with Gasteiger partial charge in [0.1, 0.15) is 5.75 Å². The van der Waals surface area contributed by atoms with Crippen molar-refractivity contribution in [3.05, 3.63) is 29.8 Å². The lowest BCUT2D eigenvalue weighted by Crippen LogP contribution is -2.20. The van der Waals surface area contributed by atoms with E-state index in [-0.39, 0.29) is 12.0 Å². The van der Waals surface area contributed by atoms with Crippen LogP contribution in [0.15, 0.2) is 24.3 Å². The molecular formula is C13H18O4. The minimum absolute atomic E-state index is 0.0330. The maximum Gasteiger partial charge on any atom is 0.513 e. The van der Waals surface area contributed by atoms with Crippen molar-refractivity contribution < 1.29 is 19.4 Å². The lowest BCUT2D eigenvalue weighted by atomic mass is 9.99. The Morgan fingerprint density at radius 3 is 2.29 bits per heavy atom. The van der Waals surface area contributed by atoms with Crippen LogP contribution in [0.5, 0.6) is 5.75 Å². The Morgan fingerprint density at radius 2 is 1.82 bits per heavy atom. The average Bonchev–Trinajstić information content (AvgIpc) is 2.27. The zero-order valence-corrected chi connectivity index (χ0v) is 10.4. The van der Waals surface area contributed by atoms with Crippen LogP contribution in [0.1, 0.15) is 26.3 Å². The van der Waals surface area contributed by atoms with Crippen molar-refractivity contribution in [3.8, 4) is 5.75 Å². The van der Waals surface area contributed by atoms with Crippen molar-refractivity contribution in [1.82, 2.24) is 0 Å². The van der Waals surface area contributed by atoms with Gasteiger partial charge in [-0.05, 0) is 23.1 Å². The van der Waals surface area contributed by atoms with Gasteiger partial charge >= 0.3 is 6.16 Å². The van der Waals surface area contributed by atoms with Gasteiger partial charge in [0.05, 0.1) is 13.2 Å². The van der Waals surface area contributed by atoms with E-state index in [9.17, 15) is 4.79 Å². The second-order valence-electron chi connectivity index (χ2n) is 5.00. The number of hydrogen-bond donors (Lipinski definition) is 1. The smallest absolute Gasteiger partial charge is 0.433 e. The largest absolute Gasteiger partial charge is 0.513 e. The number of ether oxygens (including phenoxy) is 2. The molecule has 0 aliphatic rings. The monoisotopic (exact) mass is 238 g/mol. The first-order valence-corrected chi connectivity index (χ1v) is 5.45. The molecule has 0 heterocycles. The molecule has 1 rings (SSSR count). The molecule has 0 unspecified atom stereocenters. The van der Waals surface area contributed by atoms with Gasteiger partial charge in [0, 0.05) is 0 Å². The van der Waals surface area contributed by atoms with E-state index in [0.717, 1.165) is 5.56 Å². The molecule has 0 aliphatic heterocycles. The number of benzene rings is 1. The molecular weight excluding hydrogens is 220 g/mol. The fourth-order valence-corrected chi connectivity index (χ4v) is 1.06. The van der Waals surface area contributed by atoms with Crippen molar-refractivity contribution in [2.24, 2.45) is 5.41 Å². The van der Waals surface area contributed by atoms with Crippen molar-refractivity contribution in [2.45, 2.75) is 27.4 Å². The summed E-state index contributed by atoms with van der Waals surface area (Å²) in [5.74, 6) is 0.404. The fraction of sp³-hybridized carbons (Fsp3) is 0.462. The Bertz CT molecular complexity index is 362. The Hall–Kier alpha value is -1.55. The summed E-state index contributed by atoms with van der Waals surface area (Å²) in [7, 11) is 0. The Labute approximate surface area is 101 Å². The summed E-state index contributed by atoms with van der Waals surface area (Å²) >= 11 is 0. The number of rotatable bonds is 3. The highest BCUT2D eigenvalue weighted by molar-refractivity contribution is 5.63. The predicted octanol–water partition coefficient (Wildman–Crippen LogP) is 2.74. The molecule has 0 aromatic heterocycles. The summed E-state index contributed by atoms with van der Waals surface area (Å²) in [5, 5.41) is 8.85. The summed E-state index contributed by atoms with van der Waals surface area (Å²) in [4.78, 5) is 11.3. The van der Waals surface area contributed by atoms with Gasteiger partial charge in [0.2, 0.25) is 0 Å². The van der Waals surface area contributed by atoms with Crippen LogP contribution in [-0.2, 0) is 11.3 Å². The second-order valence-corrected chi connectivity index (χ2v) is 5.00. The molecule has 0 aliphatic carbocycles. The zero-order valence-electron chi connectivity index (χ0n) is 10.4. The first kappa shape index (κ1) is 13.5. The predicted molar refractivity (Wildman–Crippen MR) is 63.8 cm³/mol. The third kappa shape index (κ3) is 5.36. The number of aliphatic hydroxyl groups is 1. The van der Waals surface area contributed by atoms with Gasteiger partial charge in [0.15, 0.2) is 0 Å². The minimum Gasteiger partial charge on any atom is -0.433 e. The molecule has 4 nitrogen and oxygen atoms in total. The van der Waals surface area contributed by atoms with E-state index in [1.165, 1.54) is 0 Å². The van der Waals surface area contributed by atoms with Crippen LogP contribution in [0.2, 0.25) is 0 Å². The number of carbonyl (C=O) groups is 1. The summed E-state index contributed by atoms with van der Waals surface area (Å²) in [6, 6.07) is 6.60. The fourth-order valence-electron chi connectivity index (χ4n) is 1.06. The molecule has 4 heteroatoms. The van der Waals surface area contributed by atoms with Crippen LogP contribution in [0.3, 0.4) is 0 Å². The molecule has 0 amide bonds. The maximum absolute atomic E-state index is 11.3. The Morgan fingerprint density at radius 1 is 1.24 bits per heavy atom. The van der Waals surface area contributed by atoms with Gasteiger partial charge in [0.25, 0.3) is 0 Å². The molecule has 0 fully saturated rings. The van der Waals surface area contributed by atoms with Gasteiger partial charge in [-0.2, -0.15) is 0 Å². The number of carbonyl (C=O) groups excluding carboxylic acids is 1. The van der Waals surface area contributed by atoms with Crippen LogP contribution >= 0.6 is 0 Å². The zero-order chi connectivity index (χ0) is 12.9. The standard InChI is InChI=1S/C13H18O4/c1-13(2,3)9-16-12(15)17-11-6-4-10(8-14)5-7-11/h4-7,14H,8-9H2,1-3H3. The van der Waals surface area contributed by atoms with E-state index in [1.807, 2.05) is 20.8 Å². The third-order valence-electron chi connectivity index (χ3n) is 1.93. The molecule has 0 atom stereocenters. The van der Waals surface area contributed by atoms with E-state index >= 15 is 0 Å². The quantitative estimate of drug-likeness (QED) is 0.649. The van der Waals surface area contributed by atoms with Crippen LogP contribution < -0.4 is 4.74 Å². The molecule has 1 aromatic rings. The highest BCUT2D eigenvalue weighted by Crippen LogP contribution is 2.15. The lowest BCUT2D eigenvalue weighted by Gasteiger charge is -2.17. The summed E-state index contributed by atoms with van der Waals surface area (Å²) < 4.78 is 9.92. The molecule has 1 N–H and O–H groups in total. The van der Waals surface area contributed by atoms with Gasteiger partial charge < -0.3 is 14.6 Å². The van der Waals surface area contributed by atoms with Crippen molar-refractivity contribution in [2.75, 3.05) is 6.61 Å². The first-order chi connectivity index (χ1) is 7.90. The molecule has 17 heavy (non-hydrogen) atoms. The normalized spacial score (nSPS) is 11.1. The summed E-state index contributed by atoms with van der Waals surface area (Å²) in [6.07, 6.45) is -0.711. The molecule has 0 saturated heterocycles. The molecule has 0 saturated carbocycles. The van der Waals surface area contributed by atoms with E-state index in [0.29, 0.717) is 12.4 Å². The average molecular weight is 238 g/mol. The van der Waals surface area contributed by atoms with Crippen molar-refractivity contribution in [1.29, 1.82) is 0 Å².